The summed E-state index contributed by atoms with van der Waals surface area (Å²) in [7, 11) is 0. The minimum atomic E-state index is -0.840. The fraction of sp³-hybridized carbons (Fsp3) is 0.125. The Labute approximate surface area is 88.7 Å². The summed E-state index contributed by atoms with van der Waals surface area (Å²) in [6, 6.07) is 5.25. The van der Waals surface area contributed by atoms with Crippen molar-refractivity contribution in [2.75, 3.05) is 0 Å². The Bertz CT molecular complexity index is 312. The lowest BCUT2D eigenvalue weighted by molar-refractivity contribution is -0.136. The van der Waals surface area contributed by atoms with Crippen molar-refractivity contribution in [2.45, 2.75) is 6.42 Å². The molecule has 0 aliphatic heterocycles. The van der Waals surface area contributed by atoms with Crippen molar-refractivity contribution in [1.29, 1.82) is 0 Å². The average Bonchev–Trinajstić information content (AvgIpc) is 1.96. The molecule has 1 N–H and O–H groups in total. The summed E-state index contributed by atoms with van der Waals surface area (Å²) in [6.07, 6.45) is 0.0244. The van der Waals surface area contributed by atoms with Gasteiger partial charge in [0.2, 0.25) is 0 Å². The van der Waals surface area contributed by atoms with E-state index in [4.69, 9.17) is 16.7 Å². The maximum atomic E-state index is 10.3. The molecular weight excluding hydrogens is 290 g/mol. The Kier molecular flexibility index (Phi) is 3.34. The second-order valence-corrected chi connectivity index (χ2v) is 3.89. The van der Waals surface area contributed by atoms with Crippen molar-refractivity contribution in [3.63, 3.8) is 0 Å². The molecule has 0 saturated heterocycles. The summed E-state index contributed by atoms with van der Waals surface area (Å²) >= 11 is 7.89. The van der Waals surface area contributed by atoms with Crippen LogP contribution in [-0.4, -0.2) is 11.1 Å². The van der Waals surface area contributed by atoms with Gasteiger partial charge in [-0.25, -0.2) is 0 Å². The molecule has 1 rings (SSSR count). The third kappa shape index (κ3) is 2.64. The van der Waals surface area contributed by atoms with E-state index in [0.29, 0.717) is 5.02 Å². The van der Waals surface area contributed by atoms with Gasteiger partial charge in [-0.15, -0.1) is 0 Å². The van der Waals surface area contributed by atoms with Crippen molar-refractivity contribution in [3.8, 4) is 0 Å². The van der Waals surface area contributed by atoms with Crippen molar-refractivity contribution in [3.05, 3.63) is 32.4 Å². The van der Waals surface area contributed by atoms with Crippen LogP contribution >= 0.6 is 34.2 Å². The highest BCUT2D eigenvalue weighted by Gasteiger charge is 2.02. The van der Waals surface area contributed by atoms with E-state index >= 15 is 0 Å². The van der Waals surface area contributed by atoms with Crippen LogP contribution in [0.2, 0.25) is 5.02 Å². The zero-order chi connectivity index (χ0) is 9.14. The average molecular weight is 296 g/mol. The lowest BCUT2D eigenvalue weighted by atomic mass is 10.2. The van der Waals surface area contributed by atoms with Crippen LogP contribution in [0.5, 0.6) is 0 Å². The van der Waals surface area contributed by atoms with Crippen LogP contribution in [0.3, 0.4) is 0 Å². The van der Waals surface area contributed by atoms with Gasteiger partial charge in [0.25, 0.3) is 0 Å². The smallest absolute Gasteiger partial charge is 0.307 e. The summed E-state index contributed by atoms with van der Waals surface area (Å²) in [4.78, 5) is 10.3. The molecule has 0 fully saturated rings. The number of halogens is 2. The van der Waals surface area contributed by atoms with Crippen LogP contribution in [0.25, 0.3) is 0 Å². The Balaban J connectivity index is 2.89. The fourth-order valence-corrected chi connectivity index (χ4v) is 1.36. The van der Waals surface area contributed by atoms with E-state index in [0.717, 1.165) is 9.13 Å². The van der Waals surface area contributed by atoms with Crippen LogP contribution in [0.1, 0.15) is 5.56 Å². The molecule has 0 bridgehead atoms. The number of carboxylic acid groups (broad SMARTS) is 1. The number of carbonyl (C=O) groups is 1. The fourth-order valence-electron chi connectivity index (χ4n) is 0.824. The van der Waals surface area contributed by atoms with E-state index < -0.39 is 5.97 Å². The Morgan fingerprint density at radius 2 is 2.25 bits per heavy atom. The van der Waals surface area contributed by atoms with Crippen LogP contribution in [0.15, 0.2) is 18.2 Å². The first-order valence-electron chi connectivity index (χ1n) is 3.25. The molecule has 0 heterocycles. The highest BCUT2D eigenvalue weighted by Crippen LogP contribution is 2.19. The monoisotopic (exact) mass is 296 g/mol. The first kappa shape index (κ1) is 9.80. The van der Waals surface area contributed by atoms with Gasteiger partial charge in [-0.3, -0.25) is 4.79 Å². The maximum Gasteiger partial charge on any atom is 0.307 e. The van der Waals surface area contributed by atoms with E-state index in [-0.39, 0.29) is 6.42 Å². The molecule has 0 unspecified atom stereocenters. The molecule has 0 aromatic heterocycles. The van der Waals surface area contributed by atoms with E-state index in [2.05, 4.69) is 22.6 Å². The molecule has 0 radical (unpaired) electrons. The summed E-state index contributed by atoms with van der Waals surface area (Å²) < 4.78 is 0.934. The van der Waals surface area contributed by atoms with Crippen molar-refractivity contribution >= 4 is 40.2 Å². The predicted octanol–water partition coefficient (Wildman–Crippen LogP) is 2.57. The largest absolute Gasteiger partial charge is 0.481 e. The normalized spacial score (nSPS) is 9.83. The molecule has 0 aliphatic rings. The predicted molar refractivity (Wildman–Crippen MR) is 55.5 cm³/mol. The molecule has 0 aliphatic carbocycles. The van der Waals surface area contributed by atoms with Gasteiger partial charge in [-0.2, -0.15) is 0 Å². The summed E-state index contributed by atoms with van der Waals surface area (Å²) in [5, 5.41) is 9.09. The number of benzene rings is 1. The van der Waals surface area contributed by atoms with E-state index in [1.165, 1.54) is 0 Å². The van der Waals surface area contributed by atoms with Crippen LogP contribution in [0.4, 0.5) is 0 Å². The molecule has 12 heavy (non-hydrogen) atoms. The number of carboxylic acids is 1. The summed E-state index contributed by atoms with van der Waals surface area (Å²) in [5.74, 6) is -0.840. The quantitative estimate of drug-likeness (QED) is 0.852. The Hall–Kier alpha value is -0.290. The van der Waals surface area contributed by atoms with Crippen molar-refractivity contribution in [2.24, 2.45) is 0 Å². The Morgan fingerprint density at radius 3 is 2.75 bits per heavy atom. The van der Waals surface area contributed by atoms with Gasteiger partial charge in [-0.1, -0.05) is 17.7 Å². The highest BCUT2D eigenvalue weighted by molar-refractivity contribution is 14.1. The molecule has 64 valence electrons. The zero-order valence-electron chi connectivity index (χ0n) is 6.05. The molecule has 4 heteroatoms. The number of hydrogen-bond acceptors (Lipinski definition) is 1. The van der Waals surface area contributed by atoms with Crippen molar-refractivity contribution < 1.29 is 9.90 Å². The first-order valence-corrected chi connectivity index (χ1v) is 4.71. The minimum absolute atomic E-state index is 0.0244. The van der Waals surface area contributed by atoms with Gasteiger partial charge < -0.3 is 5.11 Å². The third-order valence-electron chi connectivity index (χ3n) is 1.34. The topological polar surface area (TPSA) is 37.3 Å². The third-order valence-corrected chi connectivity index (χ3v) is 2.91. The van der Waals surface area contributed by atoms with E-state index in [1.54, 1.807) is 18.2 Å². The second kappa shape index (κ2) is 4.09. The van der Waals surface area contributed by atoms with Gasteiger partial charge in [0, 0.05) is 3.57 Å². The second-order valence-electron chi connectivity index (χ2n) is 2.32. The lowest BCUT2D eigenvalue weighted by Crippen LogP contribution is -1.99. The van der Waals surface area contributed by atoms with E-state index in [1.807, 2.05) is 0 Å². The molecule has 0 atom stereocenters. The van der Waals surface area contributed by atoms with Crippen LogP contribution < -0.4 is 0 Å². The van der Waals surface area contributed by atoms with Gasteiger partial charge in [0.15, 0.2) is 0 Å². The Morgan fingerprint density at radius 1 is 1.58 bits per heavy atom. The molecular formula is C8H6ClIO2. The molecule has 1 aromatic rings. The molecule has 0 saturated carbocycles. The lowest BCUT2D eigenvalue weighted by Gasteiger charge is -1.99. The van der Waals surface area contributed by atoms with Gasteiger partial charge in [0.1, 0.15) is 0 Å². The van der Waals surface area contributed by atoms with E-state index in [9.17, 15) is 4.79 Å². The molecule has 0 spiro atoms. The van der Waals surface area contributed by atoms with Crippen LogP contribution in [0, 0.1) is 3.57 Å². The van der Waals surface area contributed by atoms with Gasteiger partial charge in [0.05, 0.1) is 11.4 Å². The van der Waals surface area contributed by atoms with Gasteiger partial charge in [-0.05, 0) is 40.3 Å². The SMILES string of the molecule is O=C(O)Cc1ccc(I)c(Cl)c1. The maximum absolute atomic E-state index is 10.3. The van der Waals surface area contributed by atoms with Gasteiger partial charge >= 0.3 is 5.97 Å². The number of aliphatic carboxylic acids is 1. The first-order chi connectivity index (χ1) is 5.59. The standard InChI is InChI=1S/C8H6ClIO2/c9-6-3-5(4-8(11)12)1-2-7(6)10/h1-3H,4H2,(H,11,12). The molecule has 2 nitrogen and oxygen atoms in total. The highest BCUT2D eigenvalue weighted by atomic mass is 127. The zero-order valence-corrected chi connectivity index (χ0v) is 8.96. The summed E-state index contributed by atoms with van der Waals surface area (Å²) in [5.41, 5.74) is 0.730. The number of rotatable bonds is 2. The van der Waals surface area contributed by atoms with Crippen LogP contribution in [-0.2, 0) is 11.2 Å². The number of hydrogen-bond donors (Lipinski definition) is 1. The molecule has 1 aromatic carbocycles. The van der Waals surface area contributed by atoms with Crippen molar-refractivity contribution in [1.82, 2.24) is 0 Å². The molecule has 0 amide bonds. The minimum Gasteiger partial charge on any atom is -0.481 e. The summed E-state index contributed by atoms with van der Waals surface area (Å²) in [6.45, 7) is 0.